The van der Waals surface area contributed by atoms with Crippen LogP contribution in [0, 0.1) is 0 Å². The molecule has 7 heteroatoms. The number of ether oxygens (including phenoxy) is 3. The number of hydrogen-bond donors (Lipinski definition) is 1. The van der Waals surface area contributed by atoms with Crippen LogP contribution in [0.2, 0.25) is 0 Å². The van der Waals surface area contributed by atoms with Crippen LogP contribution in [-0.2, 0) is 9.47 Å². The van der Waals surface area contributed by atoms with Crippen molar-refractivity contribution in [3.63, 3.8) is 0 Å². The predicted molar refractivity (Wildman–Crippen MR) is 142 cm³/mol. The van der Waals surface area contributed by atoms with Gasteiger partial charge in [-0.1, -0.05) is 72.8 Å². The van der Waals surface area contributed by atoms with Crippen LogP contribution < -0.4 is 10.2 Å². The van der Waals surface area contributed by atoms with Crippen molar-refractivity contribution < 1.29 is 23.8 Å². The second kappa shape index (κ2) is 10.0. The lowest BCUT2D eigenvalue weighted by Gasteiger charge is -2.32. The molecule has 0 spiro atoms. The fraction of sp³-hybridized carbons (Fsp3) is 0.267. The minimum atomic E-state index is -0.919. The van der Waals surface area contributed by atoms with Crippen molar-refractivity contribution in [2.24, 2.45) is 0 Å². The van der Waals surface area contributed by atoms with Gasteiger partial charge in [-0.25, -0.2) is 15.0 Å². The van der Waals surface area contributed by atoms with E-state index < -0.39 is 30.4 Å². The van der Waals surface area contributed by atoms with E-state index in [1.54, 1.807) is 27.7 Å². The Morgan fingerprint density at radius 1 is 0.784 bits per heavy atom. The first-order valence-electron chi connectivity index (χ1n) is 12.5. The van der Waals surface area contributed by atoms with E-state index in [1.807, 2.05) is 54.6 Å². The van der Waals surface area contributed by atoms with Gasteiger partial charge in [0.1, 0.15) is 5.75 Å². The molecular formula is C30H30N2O5. The molecule has 0 saturated carbocycles. The largest absolute Gasteiger partial charge is 0.467 e. The molecule has 7 nitrogen and oxygen atoms in total. The van der Waals surface area contributed by atoms with Crippen molar-refractivity contribution in [3.05, 3.63) is 90.0 Å². The maximum absolute atomic E-state index is 13.4. The summed E-state index contributed by atoms with van der Waals surface area (Å²) in [5.41, 5.74) is 4.52. The lowest BCUT2D eigenvalue weighted by atomic mass is 9.85. The lowest BCUT2D eigenvalue weighted by molar-refractivity contribution is -0.0211. The number of nitrogens with one attached hydrogen (secondary N) is 1. The van der Waals surface area contributed by atoms with Gasteiger partial charge in [0.15, 0.2) is 0 Å². The molecule has 190 valence electrons. The van der Waals surface area contributed by atoms with Crippen molar-refractivity contribution in [2.45, 2.75) is 52.0 Å². The van der Waals surface area contributed by atoms with Crippen molar-refractivity contribution >= 4 is 33.7 Å². The van der Waals surface area contributed by atoms with Gasteiger partial charge in [0, 0.05) is 5.56 Å². The summed E-state index contributed by atoms with van der Waals surface area (Å²) in [6.07, 6.45) is -3.20. The predicted octanol–water partition coefficient (Wildman–Crippen LogP) is 6.74. The number of rotatable bonds is 4. The quantitative estimate of drug-likeness (QED) is 0.315. The Balaban J connectivity index is 1.70. The standard InChI is InChI=1S/C30H30N2O5/c1-18(2)35-29(33)31-32(30(34)36-19(3)4)28-27(24-15-9-12-20-10-5-7-13-22(20)24)26-23-14-8-6-11-21(23)16-17-25(26)37-28/h5-19,27-28H,1-4H3,(H,31,33)/t27-,28-/m0/s1. The minimum absolute atomic E-state index is 0.373. The summed E-state index contributed by atoms with van der Waals surface area (Å²) >= 11 is 0. The van der Waals surface area contributed by atoms with Crippen LogP contribution in [0.15, 0.2) is 78.9 Å². The minimum Gasteiger partial charge on any atom is -0.467 e. The van der Waals surface area contributed by atoms with Crippen LogP contribution >= 0.6 is 0 Å². The van der Waals surface area contributed by atoms with Gasteiger partial charge in [0.05, 0.1) is 18.1 Å². The van der Waals surface area contributed by atoms with Gasteiger partial charge in [-0.05, 0) is 60.9 Å². The van der Waals surface area contributed by atoms with Gasteiger partial charge in [-0.2, -0.15) is 5.01 Å². The molecule has 0 bridgehead atoms. The Hall–Kier alpha value is -4.26. The summed E-state index contributed by atoms with van der Waals surface area (Å²) in [6, 6.07) is 26.2. The van der Waals surface area contributed by atoms with E-state index >= 15 is 0 Å². The highest BCUT2D eigenvalue weighted by Crippen LogP contribution is 2.48. The van der Waals surface area contributed by atoms with E-state index in [-0.39, 0.29) is 6.10 Å². The van der Waals surface area contributed by atoms with Crippen molar-refractivity contribution in [1.82, 2.24) is 10.4 Å². The molecule has 1 N–H and O–H groups in total. The van der Waals surface area contributed by atoms with Crippen LogP contribution in [0.25, 0.3) is 21.5 Å². The van der Waals surface area contributed by atoms with Crippen molar-refractivity contribution in [1.29, 1.82) is 0 Å². The summed E-state index contributed by atoms with van der Waals surface area (Å²) in [5, 5.41) is 5.29. The molecule has 1 aliphatic rings. The molecule has 1 heterocycles. The van der Waals surface area contributed by atoms with Crippen LogP contribution in [0.1, 0.15) is 44.7 Å². The number of carbonyl (C=O) groups excluding carboxylic acids is 2. The average molecular weight is 499 g/mol. The monoisotopic (exact) mass is 498 g/mol. The maximum Gasteiger partial charge on any atom is 0.432 e. The van der Waals surface area contributed by atoms with Gasteiger partial charge in [0.25, 0.3) is 0 Å². The number of carbonyl (C=O) groups is 2. The van der Waals surface area contributed by atoms with E-state index in [4.69, 9.17) is 14.2 Å². The summed E-state index contributed by atoms with van der Waals surface area (Å²) in [5.74, 6) is 0.217. The van der Waals surface area contributed by atoms with E-state index in [2.05, 4.69) is 29.7 Å². The molecule has 0 radical (unpaired) electrons. The molecule has 4 aromatic rings. The Labute approximate surface area is 215 Å². The van der Waals surface area contributed by atoms with Crippen LogP contribution in [0.5, 0.6) is 5.75 Å². The van der Waals surface area contributed by atoms with Crippen LogP contribution in [-0.4, -0.2) is 35.6 Å². The number of fused-ring (bicyclic) bond motifs is 4. The highest BCUT2D eigenvalue weighted by molar-refractivity contribution is 5.92. The Morgan fingerprint density at radius 3 is 2.11 bits per heavy atom. The fourth-order valence-corrected chi connectivity index (χ4v) is 4.88. The third-order valence-corrected chi connectivity index (χ3v) is 6.28. The first-order chi connectivity index (χ1) is 17.8. The number of hydrogen-bond acceptors (Lipinski definition) is 5. The highest BCUT2D eigenvalue weighted by atomic mass is 16.6. The zero-order valence-corrected chi connectivity index (χ0v) is 21.3. The third kappa shape index (κ3) is 4.77. The lowest BCUT2D eigenvalue weighted by Crippen LogP contribution is -2.55. The van der Waals surface area contributed by atoms with E-state index in [1.165, 1.54) is 0 Å². The van der Waals surface area contributed by atoms with E-state index in [9.17, 15) is 9.59 Å². The van der Waals surface area contributed by atoms with Crippen molar-refractivity contribution in [3.8, 4) is 5.75 Å². The Kier molecular flexibility index (Phi) is 6.61. The maximum atomic E-state index is 13.4. The third-order valence-electron chi connectivity index (χ3n) is 6.28. The SMILES string of the molecule is CC(C)OC(=O)NN(C(=O)OC(C)C)[C@H]1Oc2ccc3ccccc3c2[C@@H]1c1cccc2ccccc12. The summed E-state index contributed by atoms with van der Waals surface area (Å²) in [7, 11) is 0. The topological polar surface area (TPSA) is 77.1 Å². The zero-order valence-electron chi connectivity index (χ0n) is 21.3. The molecule has 0 unspecified atom stereocenters. The van der Waals surface area contributed by atoms with E-state index in [0.29, 0.717) is 5.75 Å². The van der Waals surface area contributed by atoms with Gasteiger partial charge in [0.2, 0.25) is 6.23 Å². The first kappa shape index (κ1) is 24.4. The van der Waals surface area contributed by atoms with Gasteiger partial charge in [-0.3, -0.25) is 0 Å². The average Bonchev–Trinajstić information content (AvgIpc) is 3.25. The molecule has 1 aliphatic heterocycles. The number of hydrazine groups is 1. The number of amides is 2. The summed E-state index contributed by atoms with van der Waals surface area (Å²) < 4.78 is 17.3. The van der Waals surface area contributed by atoms with Crippen LogP contribution in [0.4, 0.5) is 9.59 Å². The second-order valence-corrected chi connectivity index (χ2v) is 9.62. The summed E-state index contributed by atoms with van der Waals surface area (Å²) in [4.78, 5) is 26.1. The molecule has 5 rings (SSSR count). The molecule has 0 aliphatic carbocycles. The highest BCUT2D eigenvalue weighted by Gasteiger charge is 2.45. The van der Waals surface area contributed by atoms with Gasteiger partial charge in [-0.15, -0.1) is 0 Å². The molecular weight excluding hydrogens is 468 g/mol. The van der Waals surface area contributed by atoms with Crippen molar-refractivity contribution in [2.75, 3.05) is 0 Å². The fourth-order valence-electron chi connectivity index (χ4n) is 4.88. The molecule has 0 saturated heterocycles. The Bertz CT molecular complexity index is 1460. The summed E-state index contributed by atoms with van der Waals surface area (Å²) in [6.45, 7) is 6.98. The first-order valence-corrected chi connectivity index (χ1v) is 12.5. The molecule has 2 atom stereocenters. The zero-order chi connectivity index (χ0) is 26.1. The normalized spacial score (nSPS) is 16.5. The molecule has 37 heavy (non-hydrogen) atoms. The van der Waals surface area contributed by atoms with Gasteiger partial charge >= 0.3 is 12.2 Å². The molecule has 2 amide bonds. The number of nitrogens with zero attached hydrogens (tertiary/aromatic N) is 1. The van der Waals surface area contributed by atoms with Gasteiger partial charge < -0.3 is 14.2 Å². The smallest absolute Gasteiger partial charge is 0.432 e. The van der Waals surface area contributed by atoms with E-state index in [0.717, 1.165) is 37.7 Å². The molecule has 0 aromatic heterocycles. The molecule has 4 aromatic carbocycles. The second-order valence-electron chi connectivity index (χ2n) is 9.62. The molecule has 0 fully saturated rings. The number of benzene rings is 4. The van der Waals surface area contributed by atoms with Crippen LogP contribution in [0.3, 0.4) is 0 Å². The Morgan fingerprint density at radius 2 is 1.41 bits per heavy atom.